The molecule has 1 aromatic carbocycles. The summed E-state index contributed by atoms with van der Waals surface area (Å²) in [6.45, 7) is 4.59. The first-order valence-electron chi connectivity index (χ1n) is 5.57. The minimum atomic E-state index is -0.352. The van der Waals surface area contributed by atoms with Crippen molar-refractivity contribution in [3.8, 4) is 0 Å². The molecule has 17 heavy (non-hydrogen) atoms. The van der Waals surface area contributed by atoms with E-state index in [2.05, 4.69) is 17.1 Å². The van der Waals surface area contributed by atoms with Crippen molar-refractivity contribution in [2.24, 2.45) is 0 Å². The molecule has 0 radical (unpaired) electrons. The topological polar surface area (TPSA) is 58.4 Å². The van der Waals surface area contributed by atoms with Crippen molar-refractivity contribution in [2.45, 2.75) is 19.9 Å². The molecule has 1 unspecified atom stereocenters. The van der Waals surface area contributed by atoms with Gasteiger partial charge in [-0.1, -0.05) is 6.07 Å². The largest absolute Gasteiger partial charge is 0.378 e. The number of nitro groups is 1. The standard InChI is InChI=1S/C12H19N3O2/c1-9-5-6-11(12(7-9)15(16)17)13-8-10(2)14(3)4/h5-7,10,13H,8H2,1-4H3. The van der Waals surface area contributed by atoms with E-state index in [0.717, 1.165) is 5.56 Å². The van der Waals surface area contributed by atoms with Crippen LogP contribution >= 0.6 is 0 Å². The second-order valence-electron chi connectivity index (χ2n) is 4.47. The Bertz CT molecular complexity index is 405. The molecule has 1 atom stereocenters. The summed E-state index contributed by atoms with van der Waals surface area (Å²) in [6.07, 6.45) is 0. The maximum Gasteiger partial charge on any atom is 0.292 e. The van der Waals surface area contributed by atoms with E-state index in [-0.39, 0.29) is 10.6 Å². The maximum absolute atomic E-state index is 10.9. The van der Waals surface area contributed by atoms with E-state index in [0.29, 0.717) is 18.3 Å². The molecular weight excluding hydrogens is 218 g/mol. The molecule has 1 aromatic rings. The number of benzene rings is 1. The zero-order valence-electron chi connectivity index (χ0n) is 10.7. The van der Waals surface area contributed by atoms with Gasteiger partial charge in [0.25, 0.3) is 5.69 Å². The van der Waals surface area contributed by atoms with Gasteiger partial charge in [0.1, 0.15) is 5.69 Å². The second-order valence-corrected chi connectivity index (χ2v) is 4.47. The number of anilines is 1. The molecule has 1 rings (SSSR count). The third-order valence-corrected chi connectivity index (χ3v) is 2.82. The van der Waals surface area contributed by atoms with Crippen LogP contribution in [0.15, 0.2) is 18.2 Å². The van der Waals surface area contributed by atoms with Crippen molar-refractivity contribution in [1.29, 1.82) is 0 Å². The molecule has 0 aliphatic carbocycles. The highest BCUT2D eigenvalue weighted by Gasteiger charge is 2.14. The van der Waals surface area contributed by atoms with Gasteiger partial charge in [0.05, 0.1) is 4.92 Å². The Hall–Kier alpha value is -1.62. The maximum atomic E-state index is 10.9. The van der Waals surface area contributed by atoms with Crippen LogP contribution < -0.4 is 5.32 Å². The first-order chi connectivity index (χ1) is 7.91. The summed E-state index contributed by atoms with van der Waals surface area (Å²) in [6, 6.07) is 5.53. The number of nitrogens with one attached hydrogen (secondary N) is 1. The molecule has 94 valence electrons. The molecule has 0 aliphatic rings. The zero-order valence-corrected chi connectivity index (χ0v) is 10.7. The average Bonchev–Trinajstić information content (AvgIpc) is 2.26. The highest BCUT2D eigenvalue weighted by atomic mass is 16.6. The predicted molar refractivity (Wildman–Crippen MR) is 69.5 cm³/mol. The van der Waals surface area contributed by atoms with E-state index < -0.39 is 0 Å². The Morgan fingerprint density at radius 3 is 2.65 bits per heavy atom. The van der Waals surface area contributed by atoms with Crippen molar-refractivity contribution in [3.63, 3.8) is 0 Å². The number of nitro benzene ring substituents is 1. The van der Waals surface area contributed by atoms with E-state index in [4.69, 9.17) is 0 Å². The van der Waals surface area contributed by atoms with Crippen LogP contribution in [-0.4, -0.2) is 36.5 Å². The molecule has 0 aliphatic heterocycles. The van der Waals surface area contributed by atoms with Gasteiger partial charge in [-0.25, -0.2) is 0 Å². The monoisotopic (exact) mass is 237 g/mol. The molecule has 0 heterocycles. The molecule has 0 amide bonds. The van der Waals surface area contributed by atoms with E-state index in [9.17, 15) is 10.1 Å². The molecule has 0 spiro atoms. The van der Waals surface area contributed by atoms with Gasteiger partial charge in [-0.15, -0.1) is 0 Å². The van der Waals surface area contributed by atoms with Crippen LogP contribution in [0.5, 0.6) is 0 Å². The summed E-state index contributed by atoms with van der Waals surface area (Å²) in [5.74, 6) is 0. The van der Waals surface area contributed by atoms with Crippen LogP contribution in [0.25, 0.3) is 0 Å². The number of hydrogen-bond donors (Lipinski definition) is 1. The third kappa shape index (κ3) is 3.71. The summed E-state index contributed by atoms with van der Waals surface area (Å²) in [7, 11) is 3.96. The van der Waals surface area contributed by atoms with Crippen molar-refractivity contribution >= 4 is 11.4 Å². The van der Waals surface area contributed by atoms with E-state index in [1.165, 1.54) is 0 Å². The summed E-state index contributed by atoms with van der Waals surface area (Å²) < 4.78 is 0. The lowest BCUT2D eigenvalue weighted by molar-refractivity contribution is -0.384. The van der Waals surface area contributed by atoms with Gasteiger partial charge >= 0.3 is 0 Å². The van der Waals surface area contributed by atoms with Gasteiger partial charge in [0.2, 0.25) is 0 Å². The number of aryl methyl sites for hydroxylation is 1. The normalized spacial score (nSPS) is 12.5. The minimum Gasteiger partial charge on any atom is -0.378 e. The molecule has 0 aromatic heterocycles. The zero-order chi connectivity index (χ0) is 13.0. The van der Waals surface area contributed by atoms with Gasteiger partial charge in [0, 0.05) is 18.7 Å². The fraction of sp³-hybridized carbons (Fsp3) is 0.500. The molecule has 0 fully saturated rings. The molecule has 0 saturated carbocycles. The Kier molecular flexibility index (Phi) is 4.45. The van der Waals surface area contributed by atoms with Crippen LogP contribution in [0.2, 0.25) is 0 Å². The highest BCUT2D eigenvalue weighted by molar-refractivity contribution is 5.62. The van der Waals surface area contributed by atoms with Crippen LogP contribution in [0.3, 0.4) is 0 Å². The molecule has 1 N–H and O–H groups in total. The smallest absolute Gasteiger partial charge is 0.292 e. The number of hydrogen-bond acceptors (Lipinski definition) is 4. The summed E-state index contributed by atoms with van der Waals surface area (Å²) in [5.41, 5.74) is 1.60. The van der Waals surface area contributed by atoms with Gasteiger partial charge < -0.3 is 10.2 Å². The fourth-order valence-electron chi connectivity index (χ4n) is 1.38. The van der Waals surface area contributed by atoms with Crippen molar-refractivity contribution in [2.75, 3.05) is 26.0 Å². The van der Waals surface area contributed by atoms with Crippen molar-refractivity contribution < 1.29 is 4.92 Å². The number of likely N-dealkylation sites (N-methyl/N-ethyl adjacent to an activating group) is 1. The number of nitrogens with zero attached hydrogens (tertiary/aromatic N) is 2. The van der Waals surface area contributed by atoms with E-state index >= 15 is 0 Å². The SMILES string of the molecule is Cc1ccc(NCC(C)N(C)C)c([N+](=O)[O-])c1. The summed E-state index contributed by atoms with van der Waals surface area (Å²) in [5, 5.41) is 14.0. The minimum absolute atomic E-state index is 0.135. The first kappa shape index (κ1) is 13.4. The fourth-order valence-corrected chi connectivity index (χ4v) is 1.38. The van der Waals surface area contributed by atoms with Gasteiger partial charge in [0.15, 0.2) is 0 Å². The van der Waals surface area contributed by atoms with Crippen LogP contribution in [0.4, 0.5) is 11.4 Å². The van der Waals surface area contributed by atoms with Crippen LogP contribution in [0, 0.1) is 17.0 Å². The quantitative estimate of drug-likeness (QED) is 0.630. The van der Waals surface area contributed by atoms with Crippen LogP contribution in [-0.2, 0) is 0 Å². The lowest BCUT2D eigenvalue weighted by Gasteiger charge is -2.20. The van der Waals surface area contributed by atoms with Crippen LogP contribution in [0.1, 0.15) is 12.5 Å². The van der Waals surface area contributed by atoms with E-state index in [1.54, 1.807) is 12.1 Å². The molecule has 0 saturated heterocycles. The Morgan fingerprint density at radius 2 is 2.12 bits per heavy atom. The molecule has 5 nitrogen and oxygen atoms in total. The second kappa shape index (κ2) is 5.63. The molecular formula is C12H19N3O2. The Balaban J connectivity index is 2.80. The van der Waals surface area contributed by atoms with Crippen molar-refractivity contribution in [1.82, 2.24) is 4.90 Å². The summed E-state index contributed by atoms with van der Waals surface area (Å²) in [4.78, 5) is 12.6. The van der Waals surface area contributed by atoms with Gasteiger partial charge in [-0.05, 0) is 39.6 Å². The Labute approximate surface area is 102 Å². The third-order valence-electron chi connectivity index (χ3n) is 2.82. The molecule has 5 heteroatoms. The predicted octanol–water partition coefficient (Wildman–Crippen LogP) is 2.27. The summed E-state index contributed by atoms with van der Waals surface area (Å²) >= 11 is 0. The average molecular weight is 237 g/mol. The van der Waals surface area contributed by atoms with Crippen molar-refractivity contribution in [3.05, 3.63) is 33.9 Å². The lowest BCUT2D eigenvalue weighted by atomic mass is 10.2. The van der Waals surface area contributed by atoms with E-state index in [1.807, 2.05) is 27.1 Å². The molecule has 0 bridgehead atoms. The van der Waals surface area contributed by atoms with Gasteiger partial charge in [-0.3, -0.25) is 10.1 Å². The number of rotatable bonds is 5. The Morgan fingerprint density at radius 1 is 1.47 bits per heavy atom. The highest BCUT2D eigenvalue weighted by Crippen LogP contribution is 2.25. The first-order valence-corrected chi connectivity index (χ1v) is 5.57. The van der Waals surface area contributed by atoms with Gasteiger partial charge in [-0.2, -0.15) is 0 Å². The lowest BCUT2D eigenvalue weighted by Crippen LogP contribution is -2.31.